The quantitative estimate of drug-likeness (QED) is 0.804. The molecule has 0 atom stereocenters. The number of aromatic nitrogens is 1. The first kappa shape index (κ1) is 12.1. The normalized spacial score (nSPS) is 9.89. The van der Waals surface area contributed by atoms with E-state index in [-0.39, 0.29) is 0 Å². The number of anilines is 2. The van der Waals surface area contributed by atoms with Crippen molar-refractivity contribution in [3.8, 4) is 6.07 Å². The molecule has 1 heterocycles. The van der Waals surface area contributed by atoms with Gasteiger partial charge in [0.1, 0.15) is 11.8 Å². The predicted molar refractivity (Wildman–Crippen MR) is 72.9 cm³/mol. The van der Waals surface area contributed by atoms with E-state index in [2.05, 4.69) is 48.0 Å². The summed E-state index contributed by atoms with van der Waals surface area (Å²) in [5.41, 5.74) is 5.00. The number of aryl methyl sites for hydroxylation is 2. The number of hydrogen-bond acceptors (Lipinski definition) is 3. The molecule has 0 spiro atoms. The lowest BCUT2D eigenvalue weighted by atomic mass is 10.1. The standard InChI is InChI=1S/C15H15N3/c1-11-4-5-15(12(2)8-11)18(3)14-6-7-17-13(9-14)10-16/h4-9H,1-3H3. The summed E-state index contributed by atoms with van der Waals surface area (Å²) in [6.07, 6.45) is 1.66. The second-order valence-corrected chi connectivity index (χ2v) is 4.36. The largest absolute Gasteiger partial charge is 0.344 e. The molecule has 0 saturated carbocycles. The number of hydrogen-bond donors (Lipinski definition) is 0. The Kier molecular flexibility index (Phi) is 3.29. The van der Waals surface area contributed by atoms with Crippen LogP contribution in [0.3, 0.4) is 0 Å². The Labute approximate surface area is 107 Å². The van der Waals surface area contributed by atoms with E-state index in [4.69, 9.17) is 5.26 Å². The fraction of sp³-hybridized carbons (Fsp3) is 0.200. The maximum absolute atomic E-state index is 8.87. The van der Waals surface area contributed by atoms with Gasteiger partial charge in [0.2, 0.25) is 0 Å². The minimum Gasteiger partial charge on any atom is -0.344 e. The first-order valence-corrected chi connectivity index (χ1v) is 5.79. The minimum atomic E-state index is 0.434. The molecule has 90 valence electrons. The highest BCUT2D eigenvalue weighted by Gasteiger charge is 2.07. The summed E-state index contributed by atoms with van der Waals surface area (Å²) in [5, 5.41) is 8.87. The van der Waals surface area contributed by atoms with Crippen LogP contribution >= 0.6 is 0 Å². The van der Waals surface area contributed by atoms with Crippen molar-refractivity contribution in [2.45, 2.75) is 13.8 Å². The van der Waals surface area contributed by atoms with Crippen LogP contribution in [0.25, 0.3) is 0 Å². The monoisotopic (exact) mass is 237 g/mol. The van der Waals surface area contributed by atoms with Crippen molar-refractivity contribution in [3.63, 3.8) is 0 Å². The van der Waals surface area contributed by atoms with Gasteiger partial charge in [0, 0.05) is 24.6 Å². The molecule has 0 fully saturated rings. The molecule has 2 aromatic rings. The van der Waals surface area contributed by atoms with Crippen LogP contribution < -0.4 is 4.90 Å². The molecular weight excluding hydrogens is 222 g/mol. The summed E-state index contributed by atoms with van der Waals surface area (Å²) < 4.78 is 0. The van der Waals surface area contributed by atoms with Gasteiger partial charge in [-0.1, -0.05) is 17.7 Å². The highest BCUT2D eigenvalue weighted by atomic mass is 15.1. The number of nitriles is 1. The SMILES string of the molecule is Cc1ccc(N(C)c2ccnc(C#N)c2)c(C)c1. The van der Waals surface area contributed by atoms with Gasteiger partial charge in [-0.05, 0) is 37.6 Å². The zero-order valence-electron chi connectivity index (χ0n) is 10.8. The van der Waals surface area contributed by atoms with Crippen molar-refractivity contribution in [3.05, 3.63) is 53.3 Å². The first-order valence-electron chi connectivity index (χ1n) is 5.79. The maximum Gasteiger partial charge on any atom is 0.142 e. The second kappa shape index (κ2) is 4.89. The molecule has 0 amide bonds. The highest BCUT2D eigenvalue weighted by Crippen LogP contribution is 2.27. The van der Waals surface area contributed by atoms with E-state index in [1.165, 1.54) is 11.1 Å². The van der Waals surface area contributed by atoms with Gasteiger partial charge >= 0.3 is 0 Å². The van der Waals surface area contributed by atoms with Crippen molar-refractivity contribution in [1.29, 1.82) is 5.26 Å². The maximum atomic E-state index is 8.87. The van der Waals surface area contributed by atoms with E-state index in [1.807, 2.05) is 13.1 Å². The van der Waals surface area contributed by atoms with Gasteiger partial charge in [-0.15, -0.1) is 0 Å². The lowest BCUT2D eigenvalue weighted by molar-refractivity contribution is 1.15. The molecule has 1 aromatic heterocycles. The van der Waals surface area contributed by atoms with E-state index in [9.17, 15) is 0 Å². The van der Waals surface area contributed by atoms with Crippen molar-refractivity contribution in [2.75, 3.05) is 11.9 Å². The lowest BCUT2D eigenvalue weighted by Crippen LogP contribution is -2.11. The zero-order valence-corrected chi connectivity index (χ0v) is 10.8. The Balaban J connectivity index is 2.41. The summed E-state index contributed by atoms with van der Waals surface area (Å²) in [6.45, 7) is 4.17. The van der Waals surface area contributed by atoms with E-state index in [1.54, 1.807) is 12.3 Å². The van der Waals surface area contributed by atoms with E-state index >= 15 is 0 Å². The van der Waals surface area contributed by atoms with E-state index in [0.717, 1.165) is 11.4 Å². The van der Waals surface area contributed by atoms with Crippen LogP contribution in [0.4, 0.5) is 11.4 Å². The van der Waals surface area contributed by atoms with Crippen molar-refractivity contribution in [2.24, 2.45) is 0 Å². The number of pyridine rings is 1. The fourth-order valence-corrected chi connectivity index (χ4v) is 2.01. The summed E-state index contributed by atoms with van der Waals surface area (Å²) in [7, 11) is 1.99. The minimum absolute atomic E-state index is 0.434. The van der Waals surface area contributed by atoms with Crippen LogP contribution in [-0.4, -0.2) is 12.0 Å². The van der Waals surface area contributed by atoms with Crippen molar-refractivity contribution < 1.29 is 0 Å². The van der Waals surface area contributed by atoms with Gasteiger partial charge < -0.3 is 4.90 Å². The summed E-state index contributed by atoms with van der Waals surface area (Å²) in [6, 6.07) is 12.1. The van der Waals surface area contributed by atoms with Gasteiger partial charge in [-0.2, -0.15) is 5.26 Å². The average molecular weight is 237 g/mol. The third kappa shape index (κ3) is 2.33. The van der Waals surface area contributed by atoms with Crippen LogP contribution in [0, 0.1) is 25.2 Å². The van der Waals surface area contributed by atoms with E-state index < -0.39 is 0 Å². The molecule has 0 bridgehead atoms. The first-order chi connectivity index (χ1) is 8.61. The Morgan fingerprint density at radius 2 is 1.94 bits per heavy atom. The van der Waals surface area contributed by atoms with Gasteiger partial charge in [0.05, 0.1) is 0 Å². The molecule has 0 radical (unpaired) electrons. The Morgan fingerprint density at radius 1 is 1.17 bits per heavy atom. The molecular formula is C15H15N3. The summed E-state index contributed by atoms with van der Waals surface area (Å²) >= 11 is 0. The van der Waals surface area contributed by atoms with Crippen LogP contribution in [0.2, 0.25) is 0 Å². The molecule has 1 aromatic carbocycles. The Morgan fingerprint density at radius 3 is 2.61 bits per heavy atom. The lowest BCUT2D eigenvalue weighted by Gasteiger charge is -2.21. The molecule has 2 rings (SSSR count). The van der Waals surface area contributed by atoms with Crippen LogP contribution in [0.15, 0.2) is 36.5 Å². The third-order valence-corrected chi connectivity index (χ3v) is 2.96. The van der Waals surface area contributed by atoms with Crippen molar-refractivity contribution >= 4 is 11.4 Å². The topological polar surface area (TPSA) is 39.9 Å². The van der Waals surface area contributed by atoms with Crippen LogP contribution in [0.1, 0.15) is 16.8 Å². The highest BCUT2D eigenvalue weighted by molar-refractivity contribution is 5.66. The number of benzene rings is 1. The molecule has 3 nitrogen and oxygen atoms in total. The average Bonchev–Trinajstić information content (AvgIpc) is 2.38. The molecule has 0 aliphatic carbocycles. The molecule has 0 unspecified atom stereocenters. The van der Waals surface area contributed by atoms with Crippen LogP contribution in [0.5, 0.6) is 0 Å². The Bertz CT molecular complexity index is 611. The number of rotatable bonds is 2. The second-order valence-electron chi connectivity index (χ2n) is 4.36. The van der Waals surface area contributed by atoms with Gasteiger partial charge in [0.25, 0.3) is 0 Å². The fourth-order valence-electron chi connectivity index (χ4n) is 2.01. The number of nitrogens with zero attached hydrogens (tertiary/aromatic N) is 3. The molecule has 0 aliphatic rings. The van der Waals surface area contributed by atoms with Gasteiger partial charge in [-0.25, -0.2) is 4.98 Å². The Hall–Kier alpha value is -2.34. The van der Waals surface area contributed by atoms with Gasteiger partial charge in [0.15, 0.2) is 0 Å². The molecule has 18 heavy (non-hydrogen) atoms. The zero-order chi connectivity index (χ0) is 13.1. The predicted octanol–water partition coefficient (Wildman–Crippen LogP) is 3.34. The molecule has 3 heteroatoms. The summed E-state index contributed by atoms with van der Waals surface area (Å²) in [5.74, 6) is 0. The van der Waals surface area contributed by atoms with E-state index in [0.29, 0.717) is 5.69 Å². The molecule has 0 aliphatic heterocycles. The third-order valence-electron chi connectivity index (χ3n) is 2.96. The van der Waals surface area contributed by atoms with Crippen molar-refractivity contribution in [1.82, 2.24) is 4.98 Å². The van der Waals surface area contributed by atoms with Gasteiger partial charge in [-0.3, -0.25) is 0 Å². The molecule has 0 N–H and O–H groups in total. The smallest absolute Gasteiger partial charge is 0.142 e. The summed E-state index contributed by atoms with van der Waals surface area (Å²) in [4.78, 5) is 6.05. The molecule has 0 saturated heterocycles. The van der Waals surface area contributed by atoms with Crippen LogP contribution in [-0.2, 0) is 0 Å².